The Morgan fingerprint density at radius 3 is 2.76 bits per heavy atom. The van der Waals surface area contributed by atoms with Gasteiger partial charge in [0.25, 0.3) is 0 Å². The molecule has 3 aromatic rings. The second-order valence-electron chi connectivity index (χ2n) is 8.37. The van der Waals surface area contributed by atoms with Gasteiger partial charge in [0.05, 0.1) is 17.1 Å². The molecule has 6 heteroatoms. The quantitative estimate of drug-likeness (QED) is 0.663. The number of fused-ring (bicyclic) bond motifs is 2. The van der Waals surface area contributed by atoms with E-state index < -0.39 is 11.7 Å². The van der Waals surface area contributed by atoms with Crippen LogP contribution in [0.4, 0.5) is 15.8 Å². The smallest absolute Gasteiger partial charge is 0.232 e. The van der Waals surface area contributed by atoms with E-state index in [9.17, 15) is 14.0 Å². The molecule has 148 valence electrons. The fraction of sp³-hybridized carbons (Fsp3) is 0.261. The third-order valence-corrected chi connectivity index (χ3v) is 5.20. The molecule has 0 spiro atoms. The number of halogens is 1. The van der Waals surface area contributed by atoms with Gasteiger partial charge >= 0.3 is 0 Å². The maximum Gasteiger partial charge on any atom is 0.232 e. The van der Waals surface area contributed by atoms with Gasteiger partial charge in [-0.15, -0.1) is 0 Å². The van der Waals surface area contributed by atoms with Crippen molar-refractivity contribution in [3.8, 4) is 0 Å². The summed E-state index contributed by atoms with van der Waals surface area (Å²) < 4.78 is 13.6. The minimum Gasteiger partial charge on any atom is -0.326 e. The average molecular weight is 391 g/mol. The molecule has 2 aromatic carbocycles. The molecule has 0 aliphatic carbocycles. The third-order valence-electron chi connectivity index (χ3n) is 5.20. The first-order valence-electron chi connectivity index (χ1n) is 9.52. The number of nitrogens with one attached hydrogen (secondary N) is 2. The van der Waals surface area contributed by atoms with Crippen molar-refractivity contribution < 1.29 is 14.0 Å². The summed E-state index contributed by atoms with van der Waals surface area (Å²) >= 11 is 0. The highest BCUT2D eigenvalue weighted by molar-refractivity contribution is 6.07. The number of aromatic nitrogens is 1. The molecular weight excluding hydrogens is 369 g/mol. The number of nitrogens with zero attached hydrogens (tertiary/aromatic N) is 1. The Morgan fingerprint density at radius 1 is 1.21 bits per heavy atom. The van der Waals surface area contributed by atoms with Crippen molar-refractivity contribution in [1.29, 1.82) is 0 Å². The number of anilines is 2. The molecule has 0 saturated heterocycles. The van der Waals surface area contributed by atoms with Crippen LogP contribution in [-0.2, 0) is 15.0 Å². The monoisotopic (exact) mass is 391 g/mol. The van der Waals surface area contributed by atoms with Crippen LogP contribution in [0.1, 0.15) is 44.2 Å². The van der Waals surface area contributed by atoms with E-state index in [0.29, 0.717) is 22.5 Å². The predicted octanol–water partition coefficient (Wildman–Crippen LogP) is 4.74. The number of amides is 2. The number of carbonyl (C=O) groups is 2. The molecule has 2 amide bonds. The fourth-order valence-corrected chi connectivity index (χ4v) is 3.61. The zero-order chi connectivity index (χ0) is 20.8. The number of carbonyl (C=O) groups excluding carboxylic acids is 2. The molecule has 1 aliphatic heterocycles. The number of hydrogen-bond acceptors (Lipinski definition) is 3. The average Bonchev–Trinajstić information content (AvgIpc) is 2.66. The first-order valence-corrected chi connectivity index (χ1v) is 9.52. The second kappa shape index (κ2) is 6.95. The summed E-state index contributed by atoms with van der Waals surface area (Å²) in [5.74, 6) is -1.78. The highest BCUT2D eigenvalue weighted by atomic mass is 19.1. The van der Waals surface area contributed by atoms with Gasteiger partial charge in [-0.25, -0.2) is 4.39 Å². The summed E-state index contributed by atoms with van der Waals surface area (Å²) in [6.45, 7) is 6.31. The topological polar surface area (TPSA) is 71.1 Å². The summed E-state index contributed by atoms with van der Waals surface area (Å²) in [7, 11) is 0. The van der Waals surface area contributed by atoms with Crippen molar-refractivity contribution in [3.05, 3.63) is 65.6 Å². The molecule has 0 fully saturated rings. The molecular formula is C23H22FN3O2. The lowest BCUT2D eigenvalue weighted by Crippen LogP contribution is -2.31. The Bertz CT molecular complexity index is 1130. The molecule has 1 atom stereocenters. The minimum atomic E-state index is -0.698. The van der Waals surface area contributed by atoms with E-state index in [1.54, 1.807) is 12.3 Å². The molecule has 4 rings (SSSR count). The van der Waals surface area contributed by atoms with Crippen molar-refractivity contribution in [3.63, 3.8) is 0 Å². The van der Waals surface area contributed by atoms with Gasteiger partial charge in [0.2, 0.25) is 11.8 Å². The number of pyridine rings is 1. The van der Waals surface area contributed by atoms with Gasteiger partial charge in [-0.1, -0.05) is 32.9 Å². The van der Waals surface area contributed by atoms with Gasteiger partial charge in [0, 0.05) is 23.7 Å². The van der Waals surface area contributed by atoms with Crippen LogP contribution in [0, 0.1) is 5.82 Å². The van der Waals surface area contributed by atoms with Crippen molar-refractivity contribution in [2.24, 2.45) is 0 Å². The number of benzene rings is 2. The highest BCUT2D eigenvalue weighted by Crippen LogP contribution is 2.35. The molecule has 1 aliphatic rings. The Hall–Kier alpha value is -3.28. The lowest BCUT2D eigenvalue weighted by molar-refractivity contribution is -0.123. The zero-order valence-electron chi connectivity index (χ0n) is 16.5. The normalized spacial score (nSPS) is 16.3. The third kappa shape index (κ3) is 3.70. The number of hydrogen-bond donors (Lipinski definition) is 2. The molecule has 5 nitrogen and oxygen atoms in total. The maximum absolute atomic E-state index is 13.6. The van der Waals surface area contributed by atoms with E-state index in [-0.39, 0.29) is 23.7 Å². The molecule has 0 saturated carbocycles. The first kappa shape index (κ1) is 19.1. The van der Waals surface area contributed by atoms with Gasteiger partial charge in [-0.2, -0.15) is 0 Å². The minimum absolute atomic E-state index is 0.00872. The van der Waals surface area contributed by atoms with E-state index in [2.05, 4.69) is 42.5 Å². The van der Waals surface area contributed by atoms with Crippen LogP contribution >= 0.6 is 0 Å². The van der Waals surface area contributed by atoms with Crippen LogP contribution < -0.4 is 10.6 Å². The van der Waals surface area contributed by atoms with E-state index in [4.69, 9.17) is 0 Å². The van der Waals surface area contributed by atoms with Crippen LogP contribution in [0.25, 0.3) is 10.9 Å². The standard InChI is InChI=1S/C23H22FN3O2/c1-23(2,3)14-9-13-5-4-8-25-21(13)19(10-14)27-22(29)17-12-20(28)26-18-11-15(24)6-7-16(17)18/h4-11,17H,12H2,1-3H3,(H,26,28)(H,27,29). The summed E-state index contributed by atoms with van der Waals surface area (Å²) in [5, 5.41) is 6.53. The van der Waals surface area contributed by atoms with Gasteiger partial charge in [0.15, 0.2) is 0 Å². The van der Waals surface area contributed by atoms with Crippen LogP contribution in [0.3, 0.4) is 0 Å². The fourth-order valence-electron chi connectivity index (χ4n) is 3.61. The van der Waals surface area contributed by atoms with E-state index >= 15 is 0 Å². The Kier molecular flexibility index (Phi) is 4.57. The maximum atomic E-state index is 13.6. The summed E-state index contributed by atoms with van der Waals surface area (Å²) in [5.41, 5.74) is 3.19. The molecule has 0 bridgehead atoms. The van der Waals surface area contributed by atoms with Crippen LogP contribution in [0.5, 0.6) is 0 Å². The second-order valence-corrected chi connectivity index (χ2v) is 8.37. The zero-order valence-corrected chi connectivity index (χ0v) is 16.5. The summed E-state index contributed by atoms with van der Waals surface area (Å²) in [6, 6.07) is 11.9. The SMILES string of the molecule is CC(C)(C)c1cc(NC(=O)C2CC(=O)Nc3cc(F)ccc32)c2ncccc2c1. The molecule has 1 unspecified atom stereocenters. The van der Waals surface area contributed by atoms with Crippen LogP contribution in [0.2, 0.25) is 0 Å². The molecule has 29 heavy (non-hydrogen) atoms. The van der Waals surface area contributed by atoms with Gasteiger partial charge < -0.3 is 10.6 Å². The van der Waals surface area contributed by atoms with E-state index in [0.717, 1.165) is 10.9 Å². The molecule has 1 aromatic heterocycles. The Balaban J connectivity index is 1.74. The lowest BCUT2D eigenvalue weighted by atomic mass is 9.85. The van der Waals surface area contributed by atoms with Crippen molar-refractivity contribution in [2.45, 2.75) is 38.5 Å². The van der Waals surface area contributed by atoms with Crippen molar-refractivity contribution in [1.82, 2.24) is 4.98 Å². The van der Waals surface area contributed by atoms with Gasteiger partial charge in [0.1, 0.15) is 5.82 Å². The van der Waals surface area contributed by atoms with E-state index in [1.165, 1.54) is 12.1 Å². The van der Waals surface area contributed by atoms with Crippen LogP contribution in [0.15, 0.2) is 48.7 Å². The molecule has 0 radical (unpaired) electrons. The van der Waals surface area contributed by atoms with E-state index in [1.807, 2.05) is 18.2 Å². The lowest BCUT2D eigenvalue weighted by Gasteiger charge is -2.26. The largest absolute Gasteiger partial charge is 0.326 e. The van der Waals surface area contributed by atoms with Gasteiger partial charge in [-0.05, 0) is 46.9 Å². The van der Waals surface area contributed by atoms with Crippen molar-refractivity contribution in [2.75, 3.05) is 10.6 Å². The Labute approximate surface area is 168 Å². The first-order chi connectivity index (χ1) is 13.7. The molecule has 2 heterocycles. The highest BCUT2D eigenvalue weighted by Gasteiger charge is 2.31. The Morgan fingerprint density at radius 2 is 2.00 bits per heavy atom. The number of rotatable bonds is 2. The van der Waals surface area contributed by atoms with Gasteiger partial charge in [-0.3, -0.25) is 14.6 Å². The predicted molar refractivity (Wildman–Crippen MR) is 111 cm³/mol. The van der Waals surface area contributed by atoms with Crippen LogP contribution in [-0.4, -0.2) is 16.8 Å². The summed E-state index contributed by atoms with van der Waals surface area (Å²) in [4.78, 5) is 29.7. The van der Waals surface area contributed by atoms with Crippen molar-refractivity contribution >= 4 is 34.1 Å². The molecule has 2 N–H and O–H groups in total. The summed E-state index contributed by atoms with van der Waals surface area (Å²) in [6.07, 6.45) is 1.69.